The molecule has 0 bridgehead atoms. The first kappa shape index (κ1) is 26.4. The molecule has 0 fully saturated rings. The van der Waals surface area contributed by atoms with Crippen molar-refractivity contribution in [1.82, 2.24) is 5.32 Å². The number of carbonyl (C=O) groups excluding carboxylic acids is 2. The molecule has 0 aliphatic heterocycles. The van der Waals surface area contributed by atoms with Gasteiger partial charge in [-0.25, -0.2) is 8.42 Å². The van der Waals surface area contributed by atoms with Crippen molar-refractivity contribution in [2.45, 2.75) is 11.4 Å². The minimum atomic E-state index is -4.03. The Morgan fingerprint density at radius 1 is 0.757 bits per heavy atom. The maximum Gasteiger partial charge on any atom is 0.264 e. The highest BCUT2D eigenvalue weighted by molar-refractivity contribution is 14.1. The summed E-state index contributed by atoms with van der Waals surface area (Å²) in [5.41, 5.74) is 1.86. The van der Waals surface area contributed by atoms with Crippen LogP contribution >= 0.6 is 22.6 Å². The number of carbonyl (C=O) groups is 2. The van der Waals surface area contributed by atoms with E-state index in [0.717, 1.165) is 13.4 Å². The molecule has 2 N–H and O–H groups in total. The molecule has 37 heavy (non-hydrogen) atoms. The standard InChI is InChI=1S/C28H24IN3O4S/c29-22-15-17-23(18-16-22)32(37(35,36)24-11-5-2-6-12-24)20-27(33)31-26-14-8-7-13-25(26)28(34)30-19-21-9-3-1-4-10-21/h1-18H,19-20H2,(H,30,34)(H,31,33). The van der Waals surface area contributed by atoms with Crippen molar-refractivity contribution in [3.05, 3.63) is 124 Å². The van der Waals surface area contributed by atoms with Crippen molar-refractivity contribution < 1.29 is 18.0 Å². The van der Waals surface area contributed by atoms with Gasteiger partial charge >= 0.3 is 0 Å². The van der Waals surface area contributed by atoms with Gasteiger partial charge in [0.1, 0.15) is 6.54 Å². The molecule has 4 aromatic carbocycles. The highest BCUT2D eigenvalue weighted by Crippen LogP contribution is 2.25. The molecule has 188 valence electrons. The number of sulfonamides is 1. The van der Waals surface area contributed by atoms with Gasteiger partial charge in [-0.3, -0.25) is 13.9 Å². The minimum absolute atomic E-state index is 0.0713. The zero-order chi connectivity index (χ0) is 26.3. The first-order valence-electron chi connectivity index (χ1n) is 11.4. The van der Waals surface area contributed by atoms with Crippen LogP contribution in [0.2, 0.25) is 0 Å². The molecule has 2 amide bonds. The van der Waals surface area contributed by atoms with Gasteiger partial charge < -0.3 is 10.6 Å². The molecule has 4 rings (SSSR count). The quantitative estimate of drug-likeness (QED) is 0.255. The smallest absolute Gasteiger partial charge is 0.264 e. The number of nitrogens with one attached hydrogen (secondary N) is 2. The first-order chi connectivity index (χ1) is 17.8. The average molecular weight is 625 g/mol. The third-order valence-electron chi connectivity index (χ3n) is 5.47. The molecule has 9 heteroatoms. The van der Waals surface area contributed by atoms with E-state index in [9.17, 15) is 18.0 Å². The number of anilines is 2. The number of nitrogens with zero attached hydrogens (tertiary/aromatic N) is 1. The number of hydrogen-bond acceptors (Lipinski definition) is 4. The number of hydrogen-bond donors (Lipinski definition) is 2. The molecule has 0 heterocycles. The van der Waals surface area contributed by atoms with E-state index in [4.69, 9.17) is 0 Å². The molecular formula is C28H24IN3O4S. The second-order valence-corrected chi connectivity index (χ2v) is 11.2. The molecule has 0 aromatic heterocycles. The lowest BCUT2D eigenvalue weighted by atomic mass is 10.1. The highest BCUT2D eigenvalue weighted by atomic mass is 127. The van der Waals surface area contributed by atoms with Crippen LogP contribution in [0.25, 0.3) is 0 Å². The molecule has 4 aromatic rings. The second-order valence-electron chi connectivity index (χ2n) is 8.06. The van der Waals surface area contributed by atoms with Crippen LogP contribution in [0, 0.1) is 3.57 Å². The predicted octanol–water partition coefficient (Wildman–Crippen LogP) is 5.06. The SMILES string of the molecule is O=C(CN(c1ccc(I)cc1)S(=O)(=O)c1ccccc1)Nc1ccccc1C(=O)NCc1ccccc1. The molecule has 0 saturated heterocycles. The Hall–Kier alpha value is -3.70. The van der Waals surface area contributed by atoms with E-state index in [0.29, 0.717) is 12.2 Å². The summed E-state index contributed by atoms with van der Waals surface area (Å²) in [6.07, 6.45) is 0. The Bertz CT molecular complexity index is 1480. The summed E-state index contributed by atoms with van der Waals surface area (Å²) in [7, 11) is -4.03. The molecule has 0 saturated carbocycles. The molecule has 7 nitrogen and oxygen atoms in total. The minimum Gasteiger partial charge on any atom is -0.348 e. The van der Waals surface area contributed by atoms with Crippen LogP contribution < -0.4 is 14.9 Å². The van der Waals surface area contributed by atoms with E-state index < -0.39 is 22.5 Å². The summed E-state index contributed by atoms with van der Waals surface area (Å²) in [5, 5.41) is 5.57. The molecule has 0 unspecified atom stereocenters. The topological polar surface area (TPSA) is 95.6 Å². The maximum atomic E-state index is 13.5. The zero-order valence-electron chi connectivity index (χ0n) is 19.7. The lowest BCUT2D eigenvalue weighted by Gasteiger charge is -2.24. The highest BCUT2D eigenvalue weighted by Gasteiger charge is 2.27. The van der Waals surface area contributed by atoms with Gasteiger partial charge in [-0.1, -0.05) is 60.7 Å². The number of para-hydroxylation sites is 1. The Morgan fingerprint density at radius 3 is 2.03 bits per heavy atom. The van der Waals surface area contributed by atoms with Gasteiger partial charge in [0.25, 0.3) is 15.9 Å². The van der Waals surface area contributed by atoms with Crippen LogP contribution in [0.3, 0.4) is 0 Å². The fraction of sp³-hybridized carbons (Fsp3) is 0.0714. The van der Waals surface area contributed by atoms with Crippen molar-refractivity contribution in [2.24, 2.45) is 0 Å². The van der Waals surface area contributed by atoms with Crippen molar-refractivity contribution in [3.8, 4) is 0 Å². The van der Waals surface area contributed by atoms with Crippen molar-refractivity contribution in [1.29, 1.82) is 0 Å². The van der Waals surface area contributed by atoms with E-state index in [1.165, 1.54) is 12.1 Å². The zero-order valence-corrected chi connectivity index (χ0v) is 22.6. The Morgan fingerprint density at radius 2 is 1.35 bits per heavy atom. The number of halogens is 1. The van der Waals surface area contributed by atoms with Crippen molar-refractivity contribution in [3.63, 3.8) is 0 Å². The average Bonchev–Trinajstić information content (AvgIpc) is 2.92. The van der Waals surface area contributed by atoms with Crippen LogP contribution in [-0.2, 0) is 21.4 Å². The van der Waals surface area contributed by atoms with E-state index in [2.05, 4.69) is 33.2 Å². The van der Waals surface area contributed by atoms with E-state index in [-0.39, 0.29) is 22.1 Å². The summed E-state index contributed by atoms with van der Waals surface area (Å²) in [6, 6.07) is 30.9. The summed E-state index contributed by atoms with van der Waals surface area (Å²) in [5.74, 6) is -0.937. The monoisotopic (exact) mass is 625 g/mol. The fourth-order valence-corrected chi connectivity index (χ4v) is 5.43. The van der Waals surface area contributed by atoms with Gasteiger partial charge in [-0.05, 0) is 76.7 Å². The largest absolute Gasteiger partial charge is 0.348 e. The molecular weight excluding hydrogens is 601 g/mol. The summed E-state index contributed by atoms with van der Waals surface area (Å²) < 4.78 is 29.0. The number of amides is 2. The Labute approximate surface area is 229 Å². The predicted molar refractivity (Wildman–Crippen MR) is 153 cm³/mol. The van der Waals surface area contributed by atoms with Crippen molar-refractivity contribution >= 4 is 55.8 Å². The molecule has 0 radical (unpaired) electrons. The van der Waals surface area contributed by atoms with Gasteiger partial charge in [-0.15, -0.1) is 0 Å². The lowest BCUT2D eigenvalue weighted by Crippen LogP contribution is -2.38. The molecule has 0 aliphatic rings. The normalized spacial score (nSPS) is 10.9. The third kappa shape index (κ3) is 6.75. The lowest BCUT2D eigenvalue weighted by molar-refractivity contribution is -0.114. The van der Waals surface area contributed by atoms with Gasteiger partial charge in [-0.2, -0.15) is 0 Å². The maximum absolute atomic E-state index is 13.5. The van der Waals surface area contributed by atoms with Crippen LogP contribution in [0.4, 0.5) is 11.4 Å². The number of benzene rings is 4. The molecule has 0 aliphatic carbocycles. The van der Waals surface area contributed by atoms with E-state index in [1.54, 1.807) is 66.7 Å². The van der Waals surface area contributed by atoms with Gasteiger partial charge in [0.2, 0.25) is 5.91 Å². The van der Waals surface area contributed by atoms with Crippen LogP contribution in [0.5, 0.6) is 0 Å². The van der Waals surface area contributed by atoms with E-state index in [1.807, 2.05) is 30.3 Å². The van der Waals surface area contributed by atoms with Gasteiger partial charge in [0.05, 0.1) is 21.8 Å². The molecule has 0 atom stereocenters. The Balaban J connectivity index is 1.55. The van der Waals surface area contributed by atoms with Crippen LogP contribution in [0.1, 0.15) is 15.9 Å². The van der Waals surface area contributed by atoms with Gasteiger partial charge in [0.15, 0.2) is 0 Å². The van der Waals surface area contributed by atoms with Crippen LogP contribution in [0.15, 0.2) is 114 Å². The third-order valence-corrected chi connectivity index (χ3v) is 7.98. The van der Waals surface area contributed by atoms with Crippen LogP contribution in [-0.4, -0.2) is 26.8 Å². The van der Waals surface area contributed by atoms with Gasteiger partial charge in [0, 0.05) is 10.1 Å². The van der Waals surface area contributed by atoms with E-state index >= 15 is 0 Å². The summed E-state index contributed by atoms with van der Waals surface area (Å²) in [4.78, 5) is 26.1. The summed E-state index contributed by atoms with van der Waals surface area (Å²) >= 11 is 2.13. The second kappa shape index (κ2) is 12.0. The van der Waals surface area contributed by atoms with Crippen molar-refractivity contribution in [2.75, 3.05) is 16.2 Å². The first-order valence-corrected chi connectivity index (χ1v) is 13.9. The number of rotatable bonds is 9. The summed E-state index contributed by atoms with van der Waals surface area (Å²) in [6.45, 7) is -0.143. The molecule has 0 spiro atoms. The Kier molecular flexibility index (Phi) is 8.57. The fourth-order valence-electron chi connectivity index (χ4n) is 3.63.